The maximum absolute atomic E-state index is 12.2. The molecular formula is C37H55N3O10. The highest BCUT2D eigenvalue weighted by molar-refractivity contribution is 6.02. The van der Waals surface area contributed by atoms with E-state index in [1.807, 2.05) is 0 Å². The molecule has 4 aliphatic rings. The number of methoxy groups -OCH3 is 1. The molecule has 1 aromatic carbocycles. The zero-order valence-corrected chi connectivity index (χ0v) is 29.7. The van der Waals surface area contributed by atoms with Crippen molar-refractivity contribution in [3.63, 3.8) is 0 Å². The maximum atomic E-state index is 12.2. The fourth-order valence-corrected chi connectivity index (χ4v) is 9.25. The molecule has 0 heterocycles. The second-order valence-corrected chi connectivity index (χ2v) is 14.7. The highest BCUT2D eigenvalue weighted by Crippen LogP contribution is 2.65. The highest BCUT2D eigenvalue weighted by Gasteiger charge is 2.59. The van der Waals surface area contributed by atoms with Gasteiger partial charge in [-0.3, -0.25) is 9.59 Å². The van der Waals surface area contributed by atoms with Crippen LogP contribution in [0.5, 0.6) is 11.5 Å². The van der Waals surface area contributed by atoms with Crippen LogP contribution in [0.25, 0.3) is 0 Å². The van der Waals surface area contributed by atoms with E-state index < -0.39 is 23.7 Å². The predicted molar refractivity (Wildman–Crippen MR) is 185 cm³/mol. The first-order valence-electron chi connectivity index (χ1n) is 18.0. The zero-order chi connectivity index (χ0) is 35.9. The number of phenols is 1. The quantitative estimate of drug-likeness (QED) is 0.0945. The number of benzene rings is 1. The van der Waals surface area contributed by atoms with Gasteiger partial charge in [0, 0.05) is 13.0 Å². The Morgan fingerprint density at radius 1 is 0.980 bits per heavy atom. The van der Waals surface area contributed by atoms with Gasteiger partial charge >= 0.3 is 6.09 Å². The summed E-state index contributed by atoms with van der Waals surface area (Å²) in [6, 6.07) is 2.79. The van der Waals surface area contributed by atoms with Crippen LogP contribution in [0.2, 0.25) is 0 Å². The minimum atomic E-state index is -0.895. The summed E-state index contributed by atoms with van der Waals surface area (Å²) in [7, 11) is 1.33. The van der Waals surface area contributed by atoms with Crippen molar-refractivity contribution in [1.29, 1.82) is 0 Å². The number of alkyl carbamates (subject to hydrolysis) is 1. The lowest BCUT2D eigenvalue weighted by atomic mass is 9.48. The van der Waals surface area contributed by atoms with Gasteiger partial charge in [-0.15, -0.1) is 0 Å². The number of aromatic hydroxyl groups is 1. The Balaban J connectivity index is 0.895. The van der Waals surface area contributed by atoms with Crippen molar-refractivity contribution in [2.45, 2.75) is 83.8 Å². The number of hydrogen-bond donors (Lipinski definition) is 5. The van der Waals surface area contributed by atoms with Gasteiger partial charge in [-0.2, -0.15) is 0 Å². The first kappa shape index (κ1) is 37.9. The van der Waals surface area contributed by atoms with Gasteiger partial charge in [0.15, 0.2) is 5.75 Å². The number of nitrogens with two attached hydrogens (primary N) is 1. The van der Waals surface area contributed by atoms with Gasteiger partial charge in [0.1, 0.15) is 17.9 Å². The Morgan fingerprint density at radius 3 is 2.56 bits per heavy atom. The Kier molecular flexibility index (Phi) is 12.7. The summed E-state index contributed by atoms with van der Waals surface area (Å²) >= 11 is 0. The van der Waals surface area contributed by atoms with E-state index in [0.29, 0.717) is 30.8 Å². The van der Waals surface area contributed by atoms with Crippen LogP contribution in [-0.4, -0.2) is 93.6 Å². The fraction of sp³-hybridized carbons (Fsp3) is 0.703. The molecular weight excluding hydrogens is 646 g/mol. The lowest BCUT2D eigenvalue weighted by molar-refractivity contribution is -0.121. The van der Waals surface area contributed by atoms with Gasteiger partial charge in [-0.05, 0) is 92.1 Å². The molecule has 6 N–H and O–H groups in total. The van der Waals surface area contributed by atoms with E-state index in [1.54, 1.807) is 0 Å². The lowest BCUT2D eigenvalue weighted by Gasteiger charge is -2.57. The summed E-state index contributed by atoms with van der Waals surface area (Å²) in [5, 5.41) is 25.6. The van der Waals surface area contributed by atoms with Crippen molar-refractivity contribution in [1.82, 2.24) is 5.32 Å². The molecule has 13 heteroatoms. The number of ether oxygens (including phenoxy) is 5. The second-order valence-electron chi connectivity index (χ2n) is 14.7. The molecule has 7 atom stereocenters. The number of anilines is 1. The van der Waals surface area contributed by atoms with Gasteiger partial charge in [0.25, 0.3) is 5.91 Å². The van der Waals surface area contributed by atoms with E-state index in [-0.39, 0.29) is 79.6 Å². The summed E-state index contributed by atoms with van der Waals surface area (Å²) < 4.78 is 27.5. The van der Waals surface area contributed by atoms with Crippen molar-refractivity contribution >= 4 is 23.6 Å². The molecule has 5 rings (SSSR count). The van der Waals surface area contributed by atoms with Crippen LogP contribution >= 0.6 is 0 Å². The molecule has 4 aliphatic carbocycles. The largest absolute Gasteiger partial charge is 0.505 e. The standard InChI is InChI=1S/C37H55N3O10/c1-36-13-11-24(41)21-23(36)5-6-25-26-7-10-30(37(26,2)14-12-27(25)36)49-16-4-17-50-35(45)39-15-18-47-19-20-48-22-31(42)40-28-8-9-29(46-3)32(33(28)43)34(38)44/h5,8-9,24-27,30,41,43H,4,6-7,10-22H2,1-3H3,(H2,38,44)(H,39,45)(H,40,42)/t24-,25?,26?,27?,30-,36-,37-/m1/s1. The molecule has 0 bridgehead atoms. The van der Waals surface area contributed by atoms with E-state index in [0.717, 1.165) is 32.1 Å². The number of aliphatic hydroxyl groups is 1. The number of fused-ring (bicyclic) bond motifs is 5. The third-order valence-electron chi connectivity index (χ3n) is 11.8. The normalized spacial score (nSPS) is 29.9. The van der Waals surface area contributed by atoms with Crippen LogP contribution in [0.4, 0.5) is 10.5 Å². The average Bonchev–Trinajstić information content (AvgIpc) is 3.42. The number of amides is 3. The smallest absolute Gasteiger partial charge is 0.407 e. The molecule has 0 aliphatic heterocycles. The minimum Gasteiger partial charge on any atom is -0.505 e. The summed E-state index contributed by atoms with van der Waals surface area (Å²) in [4.78, 5) is 35.9. The minimum absolute atomic E-state index is 0.00128. The molecule has 0 radical (unpaired) electrons. The monoisotopic (exact) mass is 701 g/mol. The number of aliphatic hydroxyl groups excluding tert-OH is 1. The van der Waals surface area contributed by atoms with Crippen LogP contribution < -0.4 is 21.1 Å². The van der Waals surface area contributed by atoms with Crippen LogP contribution in [0.3, 0.4) is 0 Å². The SMILES string of the molecule is COc1ccc(NC(=O)COCCOCCNC(=O)OCCCO[C@@H]2CCC3C4CC=C5C[C@H](O)CC[C@@]5(C)C4CC[C@]32C)c(O)c1C(N)=O. The molecule has 0 aromatic heterocycles. The van der Waals surface area contributed by atoms with Crippen LogP contribution in [0.15, 0.2) is 23.8 Å². The molecule has 278 valence electrons. The number of allylic oxidation sites excluding steroid dienone is 1. The average molecular weight is 702 g/mol. The Labute approximate surface area is 294 Å². The molecule has 3 saturated carbocycles. The van der Waals surface area contributed by atoms with E-state index >= 15 is 0 Å². The number of nitrogens with one attached hydrogen (secondary N) is 2. The number of carbonyl (C=O) groups is 3. The highest BCUT2D eigenvalue weighted by atomic mass is 16.6. The zero-order valence-electron chi connectivity index (χ0n) is 29.7. The summed E-state index contributed by atoms with van der Waals surface area (Å²) in [5.74, 6) is 0.235. The first-order chi connectivity index (χ1) is 24.0. The van der Waals surface area contributed by atoms with Crippen LogP contribution in [-0.2, 0) is 23.7 Å². The van der Waals surface area contributed by atoms with E-state index in [1.165, 1.54) is 44.1 Å². The van der Waals surface area contributed by atoms with Gasteiger partial charge in [0.05, 0.1) is 58.0 Å². The molecule has 3 fully saturated rings. The van der Waals surface area contributed by atoms with Crippen molar-refractivity contribution < 1.29 is 48.3 Å². The summed E-state index contributed by atoms with van der Waals surface area (Å²) in [6.07, 6.45) is 11.4. The third kappa shape index (κ3) is 8.38. The number of carbonyl (C=O) groups excluding carboxylic acids is 3. The summed E-state index contributed by atoms with van der Waals surface area (Å²) in [6.45, 7) is 6.25. The Hall–Kier alpha value is -3.39. The lowest BCUT2D eigenvalue weighted by Crippen LogP contribution is -2.51. The maximum Gasteiger partial charge on any atom is 0.407 e. The van der Waals surface area contributed by atoms with Gasteiger partial charge in [-0.1, -0.05) is 25.5 Å². The second kappa shape index (κ2) is 16.8. The molecule has 0 spiro atoms. The predicted octanol–water partition coefficient (Wildman–Crippen LogP) is 4.30. The van der Waals surface area contributed by atoms with E-state index in [9.17, 15) is 24.6 Å². The van der Waals surface area contributed by atoms with E-state index in [2.05, 4.69) is 30.6 Å². The van der Waals surface area contributed by atoms with Crippen LogP contribution in [0, 0.1) is 28.6 Å². The van der Waals surface area contributed by atoms with Gasteiger partial charge in [0.2, 0.25) is 5.91 Å². The van der Waals surface area contributed by atoms with Crippen molar-refractivity contribution in [2.75, 3.05) is 58.6 Å². The molecule has 0 saturated heterocycles. The van der Waals surface area contributed by atoms with Gasteiger partial charge in [-0.25, -0.2) is 4.79 Å². The van der Waals surface area contributed by atoms with Crippen molar-refractivity contribution in [2.24, 2.45) is 34.3 Å². The van der Waals surface area contributed by atoms with Gasteiger partial charge < -0.3 is 50.3 Å². The third-order valence-corrected chi connectivity index (χ3v) is 11.8. The Bertz CT molecular complexity index is 1400. The number of rotatable bonds is 16. The topological polar surface area (TPSA) is 188 Å². The molecule has 50 heavy (non-hydrogen) atoms. The first-order valence-corrected chi connectivity index (χ1v) is 18.0. The number of primary amides is 1. The van der Waals surface area contributed by atoms with Crippen molar-refractivity contribution in [3.8, 4) is 11.5 Å². The fourth-order valence-electron chi connectivity index (χ4n) is 9.25. The molecule has 3 unspecified atom stereocenters. The summed E-state index contributed by atoms with van der Waals surface area (Å²) in [5.41, 5.74) is 6.99. The number of hydrogen-bond acceptors (Lipinski definition) is 10. The molecule has 1 aromatic rings. The van der Waals surface area contributed by atoms with Crippen molar-refractivity contribution in [3.05, 3.63) is 29.3 Å². The Morgan fingerprint density at radius 2 is 1.78 bits per heavy atom. The molecule has 3 amide bonds. The van der Waals surface area contributed by atoms with Crippen LogP contribution in [0.1, 0.15) is 82.0 Å². The van der Waals surface area contributed by atoms with E-state index in [4.69, 9.17) is 29.4 Å². The molecule has 13 nitrogen and oxygen atoms in total.